The number of carboxylic acid groups (broad SMARTS) is 1. The van der Waals surface area contributed by atoms with Crippen molar-refractivity contribution in [3.05, 3.63) is 48.3 Å². The summed E-state index contributed by atoms with van der Waals surface area (Å²) in [6.45, 7) is 0. The van der Waals surface area contributed by atoms with Crippen LogP contribution in [0.25, 0.3) is 0 Å². The number of ether oxygens (including phenoxy) is 1. The van der Waals surface area contributed by atoms with E-state index < -0.39 is 11.9 Å². The average molecular weight is 276 g/mol. The van der Waals surface area contributed by atoms with Gasteiger partial charge in [0.1, 0.15) is 5.75 Å². The quantitative estimate of drug-likeness (QED) is 0.843. The van der Waals surface area contributed by atoms with E-state index in [0.29, 0.717) is 5.75 Å². The number of halogens is 1. The summed E-state index contributed by atoms with van der Waals surface area (Å²) in [5, 5.41) is 8.95. The lowest BCUT2D eigenvalue weighted by Crippen LogP contribution is -2.24. The first-order valence-corrected chi connectivity index (χ1v) is 5.77. The van der Waals surface area contributed by atoms with E-state index in [2.05, 4.69) is 0 Å². The van der Waals surface area contributed by atoms with E-state index in [0.717, 1.165) is 4.90 Å². The molecule has 1 amide bonds. The molecule has 0 heterocycles. The molecule has 104 valence electrons. The highest BCUT2D eigenvalue weighted by molar-refractivity contribution is 5.90. The van der Waals surface area contributed by atoms with Gasteiger partial charge in [0.25, 0.3) is 0 Å². The van der Waals surface area contributed by atoms with Crippen molar-refractivity contribution in [3.8, 4) is 11.5 Å². The molecule has 0 aromatic heterocycles. The fraction of sp³-hybridized carbons (Fsp3) is 0.0714. The second-order valence-corrected chi connectivity index (χ2v) is 4.09. The summed E-state index contributed by atoms with van der Waals surface area (Å²) in [6.07, 6.45) is -1.15. The van der Waals surface area contributed by atoms with Gasteiger partial charge in [-0.05, 0) is 24.3 Å². The molecule has 5 nitrogen and oxygen atoms in total. The molecular formula is C14H13FN2O3. The highest BCUT2D eigenvalue weighted by Gasteiger charge is 2.13. The zero-order valence-electron chi connectivity index (χ0n) is 10.7. The predicted octanol–water partition coefficient (Wildman–Crippen LogP) is 3.31. The molecule has 2 aromatic rings. The van der Waals surface area contributed by atoms with Crippen LogP contribution in [0.15, 0.2) is 42.5 Å². The summed E-state index contributed by atoms with van der Waals surface area (Å²) in [4.78, 5) is 11.9. The number of nitrogen functional groups attached to an aromatic ring is 1. The Bertz CT molecular complexity index is 646. The van der Waals surface area contributed by atoms with E-state index in [9.17, 15) is 9.18 Å². The lowest BCUT2D eigenvalue weighted by atomic mass is 10.2. The van der Waals surface area contributed by atoms with Crippen LogP contribution in [0.1, 0.15) is 0 Å². The van der Waals surface area contributed by atoms with Crippen LogP contribution in [0, 0.1) is 5.82 Å². The van der Waals surface area contributed by atoms with Crippen LogP contribution in [0.5, 0.6) is 11.5 Å². The molecule has 0 aliphatic rings. The summed E-state index contributed by atoms with van der Waals surface area (Å²) in [7, 11) is 1.36. The topological polar surface area (TPSA) is 75.8 Å². The monoisotopic (exact) mass is 276 g/mol. The molecule has 0 radical (unpaired) electrons. The zero-order chi connectivity index (χ0) is 14.7. The third kappa shape index (κ3) is 2.80. The molecule has 2 rings (SSSR count). The molecule has 20 heavy (non-hydrogen) atoms. The maximum Gasteiger partial charge on any atom is 0.411 e. The molecule has 3 N–H and O–H groups in total. The van der Waals surface area contributed by atoms with Crippen LogP contribution < -0.4 is 15.4 Å². The molecule has 0 saturated heterocycles. The third-order valence-corrected chi connectivity index (χ3v) is 2.71. The van der Waals surface area contributed by atoms with Gasteiger partial charge in [0.15, 0.2) is 11.6 Å². The molecule has 0 aliphatic carbocycles. The molecule has 0 unspecified atom stereocenters. The number of anilines is 2. The Balaban J connectivity index is 2.33. The number of hydrogen-bond donors (Lipinski definition) is 2. The Kier molecular flexibility index (Phi) is 3.74. The summed E-state index contributed by atoms with van der Waals surface area (Å²) in [6, 6.07) is 10.4. The predicted molar refractivity (Wildman–Crippen MR) is 73.8 cm³/mol. The molecule has 6 heteroatoms. The molecule has 0 spiro atoms. The van der Waals surface area contributed by atoms with E-state index >= 15 is 0 Å². The first kappa shape index (κ1) is 13.7. The van der Waals surface area contributed by atoms with Gasteiger partial charge in [0.2, 0.25) is 0 Å². The molecule has 0 saturated carbocycles. The molecular weight excluding hydrogens is 263 g/mol. The van der Waals surface area contributed by atoms with E-state index in [1.165, 1.54) is 31.3 Å². The van der Waals surface area contributed by atoms with Crippen molar-refractivity contribution in [2.45, 2.75) is 0 Å². The SMILES string of the molecule is CN(C(=O)O)c1cc(Oc2ccccc2F)ccc1N. The Hall–Kier alpha value is -2.76. The lowest BCUT2D eigenvalue weighted by Gasteiger charge is -2.17. The number of carbonyl (C=O) groups is 1. The Labute approximate surface area is 115 Å². The van der Waals surface area contributed by atoms with E-state index in [-0.39, 0.29) is 17.1 Å². The van der Waals surface area contributed by atoms with Crippen LogP contribution in [0.3, 0.4) is 0 Å². The molecule has 0 aliphatic heterocycles. The first-order valence-electron chi connectivity index (χ1n) is 5.77. The number of nitrogens with two attached hydrogens (primary N) is 1. The van der Waals surface area contributed by atoms with Crippen LogP contribution >= 0.6 is 0 Å². The smallest absolute Gasteiger partial charge is 0.411 e. The minimum atomic E-state index is -1.15. The van der Waals surface area contributed by atoms with Crippen molar-refractivity contribution in [3.63, 3.8) is 0 Å². The van der Waals surface area contributed by atoms with Gasteiger partial charge in [-0.25, -0.2) is 9.18 Å². The number of para-hydroxylation sites is 1. The molecule has 0 fully saturated rings. The van der Waals surface area contributed by atoms with Crippen molar-refractivity contribution < 1.29 is 19.0 Å². The number of benzene rings is 2. The van der Waals surface area contributed by atoms with Crippen molar-refractivity contribution in [2.75, 3.05) is 17.7 Å². The number of rotatable bonds is 3. The van der Waals surface area contributed by atoms with Gasteiger partial charge < -0.3 is 15.6 Å². The lowest BCUT2D eigenvalue weighted by molar-refractivity contribution is 0.203. The van der Waals surface area contributed by atoms with E-state index in [4.69, 9.17) is 15.6 Å². The van der Waals surface area contributed by atoms with Crippen molar-refractivity contribution >= 4 is 17.5 Å². The van der Waals surface area contributed by atoms with Gasteiger partial charge in [0, 0.05) is 13.1 Å². The van der Waals surface area contributed by atoms with Gasteiger partial charge in [0.05, 0.1) is 11.4 Å². The minimum absolute atomic E-state index is 0.0567. The Morgan fingerprint density at radius 2 is 2.00 bits per heavy atom. The summed E-state index contributed by atoms with van der Waals surface area (Å²) in [5.41, 5.74) is 6.27. The van der Waals surface area contributed by atoms with Crippen molar-refractivity contribution in [1.82, 2.24) is 0 Å². The number of amides is 1. The minimum Gasteiger partial charge on any atom is -0.465 e. The molecule has 0 atom stereocenters. The fourth-order valence-electron chi connectivity index (χ4n) is 1.63. The standard InChI is InChI=1S/C14H13FN2O3/c1-17(14(18)19)12-8-9(6-7-11(12)16)20-13-5-3-2-4-10(13)15/h2-8H,16H2,1H3,(H,18,19). The highest BCUT2D eigenvalue weighted by Crippen LogP contribution is 2.31. The van der Waals surface area contributed by atoms with Crippen LogP contribution in [-0.2, 0) is 0 Å². The molecule has 2 aromatic carbocycles. The van der Waals surface area contributed by atoms with Crippen molar-refractivity contribution in [1.29, 1.82) is 0 Å². The summed E-state index contributed by atoms with van der Waals surface area (Å²) in [5.74, 6) is -0.147. The van der Waals surface area contributed by atoms with E-state index in [1.807, 2.05) is 0 Å². The van der Waals surface area contributed by atoms with Gasteiger partial charge in [-0.1, -0.05) is 12.1 Å². The van der Waals surface area contributed by atoms with Crippen LogP contribution in [0.2, 0.25) is 0 Å². The number of nitrogens with zero attached hydrogens (tertiary/aromatic N) is 1. The normalized spacial score (nSPS) is 10.1. The highest BCUT2D eigenvalue weighted by atomic mass is 19.1. The van der Waals surface area contributed by atoms with Crippen molar-refractivity contribution in [2.24, 2.45) is 0 Å². The second-order valence-electron chi connectivity index (χ2n) is 4.09. The zero-order valence-corrected chi connectivity index (χ0v) is 10.7. The number of hydrogen-bond acceptors (Lipinski definition) is 3. The summed E-state index contributed by atoms with van der Waals surface area (Å²) >= 11 is 0. The largest absolute Gasteiger partial charge is 0.465 e. The van der Waals surface area contributed by atoms with Gasteiger partial charge >= 0.3 is 6.09 Å². The van der Waals surface area contributed by atoms with E-state index in [1.54, 1.807) is 18.2 Å². The van der Waals surface area contributed by atoms with Gasteiger partial charge in [-0.3, -0.25) is 4.90 Å². The second kappa shape index (κ2) is 5.48. The van der Waals surface area contributed by atoms with Gasteiger partial charge in [-0.2, -0.15) is 0 Å². The Morgan fingerprint density at radius 3 is 2.65 bits per heavy atom. The third-order valence-electron chi connectivity index (χ3n) is 2.71. The average Bonchev–Trinajstić information content (AvgIpc) is 2.42. The first-order chi connectivity index (χ1) is 9.49. The maximum absolute atomic E-state index is 13.5. The fourth-order valence-corrected chi connectivity index (χ4v) is 1.63. The van der Waals surface area contributed by atoms with Gasteiger partial charge in [-0.15, -0.1) is 0 Å². The Morgan fingerprint density at radius 1 is 1.30 bits per heavy atom. The van der Waals surface area contributed by atoms with Crippen LogP contribution in [0.4, 0.5) is 20.6 Å². The maximum atomic E-state index is 13.5. The van der Waals surface area contributed by atoms with Crippen LogP contribution in [-0.4, -0.2) is 18.2 Å². The summed E-state index contributed by atoms with van der Waals surface area (Å²) < 4.78 is 18.9. The molecule has 0 bridgehead atoms.